The zero-order chi connectivity index (χ0) is 25.5. The summed E-state index contributed by atoms with van der Waals surface area (Å²) >= 11 is 6.82. The van der Waals surface area contributed by atoms with E-state index in [4.69, 9.17) is 16.3 Å². The van der Waals surface area contributed by atoms with E-state index in [2.05, 4.69) is 0 Å². The van der Waals surface area contributed by atoms with Gasteiger partial charge in [0.15, 0.2) is 5.76 Å². The molecule has 0 unspecified atom stereocenters. The number of ether oxygens (including phenoxy) is 1. The molecule has 0 aliphatic rings. The van der Waals surface area contributed by atoms with Crippen molar-refractivity contribution in [2.75, 3.05) is 0 Å². The molecule has 4 aromatic rings. The van der Waals surface area contributed by atoms with Crippen LogP contribution in [0.1, 0.15) is 26.3 Å². The van der Waals surface area contributed by atoms with Crippen LogP contribution in [0.3, 0.4) is 0 Å². The summed E-state index contributed by atoms with van der Waals surface area (Å²) < 4.78 is 5.83. The smallest absolute Gasteiger partial charge is 0.343 e. The van der Waals surface area contributed by atoms with E-state index in [0.717, 1.165) is 11.8 Å². The van der Waals surface area contributed by atoms with Gasteiger partial charge in [-0.05, 0) is 30.3 Å². The summed E-state index contributed by atoms with van der Waals surface area (Å²) in [4.78, 5) is 38.3. The fraction of sp³-hybridized carbons (Fsp3) is 0. The van der Waals surface area contributed by atoms with Crippen LogP contribution in [0.25, 0.3) is 5.76 Å². The van der Waals surface area contributed by atoms with Gasteiger partial charge in [0, 0.05) is 22.2 Å². The van der Waals surface area contributed by atoms with Crippen LogP contribution in [-0.4, -0.2) is 16.7 Å². The number of esters is 1. The Labute approximate surface area is 216 Å². The normalized spacial score (nSPS) is 11.4. The molecule has 8 heteroatoms. The van der Waals surface area contributed by atoms with Crippen molar-refractivity contribution in [1.29, 1.82) is 0 Å². The first kappa shape index (κ1) is 24.9. The van der Waals surface area contributed by atoms with Gasteiger partial charge >= 0.3 is 5.97 Å². The van der Waals surface area contributed by atoms with Gasteiger partial charge in [0.25, 0.3) is 5.69 Å². The summed E-state index contributed by atoms with van der Waals surface area (Å²) in [7, 11) is 0. The minimum absolute atomic E-state index is 0.00689. The maximum atomic E-state index is 13.8. The van der Waals surface area contributed by atoms with Gasteiger partial charge in [-0.3, -0.25) is 14.9 Å². The lowest BCUT2D eigenvalue weighted by molar-refractivity contribution is -0.387. The predicted molar refractivity (Wildman–Crippen MR) is 140 cm³/mol. The third-order valence-corrected chi connectivity index (χ3v) is 6.43. The number of thioether (sulfide) groups is 1. The van der Waals surface area contributed by atoms with Crippen molar-refractivity contribution in [3.05, 3.63) is 146 Å². The Kier molecular flexibility index (Phi) is 7.95. The predicted octanol–water partition coefficient (Wildman–Crippen LogP) is 7.45. The Balaban J connectivity index is 1.90. The molecule has 0 saturated heterocycles. The van der Waals surface area contributed by atoms with Crippen molar-refractivity contribution in [2.45, 2.75) is 4.90 Å². The molecule has 0 aliphatic carbocycles. The fourth-order valence-corrected chi connectivity index (χ4v) is 4.49. The number of hydrogen-bond donors (Lipinski definition) is 0. The van der Waals surface area contributed by atoms with Gasteiger partial charge in [0.05, 0.1) is 15.4 Å². The average Bonchev–Trinajstić information content (AvgIpc) is 2.91. The number of benzene rings is 4. The average molecular weight is 516 g/mol. The van der Waals surface area contributed by atoms with Gasteiger partial charge in [-0.2, -0.15) is 0 Å². The number of Topliss-reactive ketones (excluding diaryl/α,β-unsaturated/α-hetero) is 1. The molecule has 0 spiro atoms. The van der Waals surface area contributed by atoms with Crippen molar-refractivity contribution in [2.24, 2.45) is 0 Å². The second-order valence-corrected chi connectivity index (χ2v) is 8.93. The van der Waals surface area contributed by atoms with E-state index < -0.39 is 16.7 Å². The highest BCUT2D eigenvalue weighted by molar-refractivity contribution is 8.04. The molecule has 0 atom stereocenters. The van der Waals surface area contributed by atoms with Crippen molar-refractivity contribution < 1.29 is 19.2 Å². The first-order chi connectivity index (χ1) is 17.4. The summed E-state index contributed by atoms with van der Waals surface area (Å²) in [5, 5.41) is 12.1. The van der Waals surface area contributed by atoms with Crippen molar-refractivity contribution in [3.63, 3.8) is 0 Å². The lowest BCUT2D eigenvalue weighted by Crippen LogP contribution is -2.11. The number of nitrogens with zero attached hydrogens (tertiary/aromatic N) is 1. The summed E-state index contributed by atoms with van der Waals surface area (Å²) in [6, 6.07) is 29.4. The number of carbonyl (C=O) groups excluding carboxylic acids is 2. The maximum Gasteiger partial charge on any atom is 0.343 e. The highest BCUT2D eigenvalue weighted by atomic mass is 35.5. The van der Waals surface area contributed by atoms with E-state index in [1.54, 1.807) is 91.0 Å². The molecule has 6 nitrogen and oxygen atoms in total. The monoisotopic (exact) mass is 515 g/mol. The number of ketones is 1. The molecule has 0 amide bonds. The van der Waals surface area contributed by atoms with E-state index in [1.807, 2.05) is 0 Å². The SMILES string of the molecule is O=C(O/C(=C(\Sc1ccccc1[N+](=O)[O-])C(=O)c1ccccc1)c1ccccc1)c1ccc(Cl)cc1. The first-order valence-corrected chi connectivity index (χ1v) is 11.9. The van der Waals surface area contributed by atoms with Gasteiger partial charge in [-0.25, -0.2) is 4.79 Å². The van der Waals surface area contributed by atoms with Gasteiger partial charge in [0.1, 0.15) is 4.91 Å². The van der Waals surface area contributed by atoms with E-state index in [1.165, 1.54) is 18.2 Å². The number of hydrogen-bond acceptors (Lipinski definition) is 6. The largest absolute Gasteiger partial charge is 0.421 e. The summed E-state index contributed by atoms with van der Waals surface area (Å²) in [6.07, 6.45) is 0. The molecule has 0 bridgehead atoms. The van der Waals surface area contributed by atoms with Crippen molar-refractivity contribution in [3.8, 4) is 0 Å². The van der Waals surface area contributed by atoms with Crippen LogP contribution in [0.5, 0.6) is 0 Å². The van der Waals surface area contributed by atoms with Crippen LogP contribution in [0.4, 0.5) is 5.69 Å². The Morgan fingerprint density at radius 2 is 1.28 bits per heavy atom. The number of nitro benzene ring substituents is 1. The quantitative estimate of drug-likeness (QED) is 0.0460. The Morgan fingerprint density at radius 1 is 0.722 bits per heavy atom. The van der Waals surface area contributed by atoms with E-state index >= 15 is 0 Å². The molecule has 0 fully saturated rings. The molecule has 4 aromatic carbocycles. The number of carbonyl (C=O) groups is 2. The van der Waals surface area contributed by atoms with Crippen LogP contribution in [0.2, 0.25) is 5.02 Å². The Hall–Kier alpha value is -4.20. The molecule has 0 aliphatic heterocycles. The van der Waals surface area contributed by atoms with E-state index in [0.29, 0.717) is 16.1 Å². The third kappa shape index (κ3) is 5.89. The van der Waals surface area contributed by atoms with Crippen LogP contribution in [-0.2, 0) is 4.74 Å². The number of nitro groups is 1. The fourth-order valence-electron chi connectivity index (χ4n) is 3.28. The van der Waals surface area contributed by atoms with Crippen molar-refractivity contribution in [1.82, 2.24) is 0 Å². The topological polar surface area (TPSA) is 86.5 Å². The lowest BCUT2D eigenvalue weighted by Gasteiger charge is -2.15. The first-order valence-electron chi connectivity index (χ1n) is 10.7. The van der Waals surface area contributed by atoms with Crippen LogP contribution in [0.15, 0.2) is 119 Å². The molecule has 0 radical (unpaired) electrons. The number of halogens is 1. The zero-order valence-electron chi connectivity index (χ0n) is 18.7. The molecule has 0 aromatic heterocycles. The molecule has 0 heterocycles. The molecular formula is C28H18ClNO5S. The molecule has 0 N–H and O–H groups in total. The molecule has 0 saturated carbocycles. The summed E-state index contributed by atoms with van der Waals surface area (Å²) in [6.45, 7) is 0. The van der Waals surface area contributed by atoms with E-state index in [9.17, 15) is 19.7 Å². The summed E-state index contributed by atoms with van der Waals surface area (Å²) in [5.74, 6) is -1.15. The summed E-state index contributed by atoms with van der Waals surface area (Å²) in [5.41, 5.74) is 0.868. The number of rotatable bonds is 8. The highest BCUT2D eigenvalue weighted by Crippen LogP contribution is 2.40. The second kappa shape index (κ2) is 11.5. The minimum atomic E-state index is -0.702. The minimum Gasteiger partial charge on any atom is -0.421 e. The van der Waals surface area contributed by atoms with Crippen molar-refractivity contribution >= 4 is 46.6 Å². The Morgan fingerprint density at radius 3 is 1.89 bits per heavy atom. The highest BCUT2D eigenvalue weighted by Gasteiger charge is 2.26. The van der Waals surface area contributed by atoms with Crippen LogP contribution in [0, 0.1) is 10.1 Å². The maximum absolute atomic E-state index is 13.8. The lowest BCUT2D eigenvalue weighted by atomic mass is 10.1. The van der Waals surface area contributed by atoms with Gasteiger partial charge in [-0.1, -0.05) is 96.2 Å². The van der Waals surface area contributed by atoms with E-state index in [-0.39, 0.29) is 26.8 Å². The number of para-hydroxylation sites is 1. The zero-order valence-corrected chi connectivity index (χ0v) is 20.2. The molecule has 178 valence electrons. The molecule has 36 heavy (non-hydrogen) atoms. The third-order valence-electron chi connectivity index (χ3n) is 5.03. The second-order valence-electron chi connectivity index (χ2n) is 7.44. The number of allylic oxidation sites excluding steroid dienone is 1. The standard InChI is InChI=1S/C28H18ClNO5S/c29-22-17-15-21(16-18-22)28(32)35-26(20-11-5-2-6-12-20)27(25(31)19-9-3-1-4-10-19)36-24-14-8-7-13-23(24)30(33)34/h1-18H/b27-26-. The van der Waals surface area contributed by atoms with Gasteiger partial charge in [-0.15, -0.1) is 0 Å². The van der Waals surface area contributed by atoms with Crippen LogP contribution < -0.4 is 0 Å². The Bertz CT molecular complexity index is 1440. The van der Waals surface area contributed by atoms with Gasteiger partial charge < -0.3 is 4.74 Å². The van der Waals surface area contributed by atoms with Crippen LogP contribution >= 0.6 is 23.4 Å². The van der Waals surface area contributed by atoms with Gasteiger partial charge in [0.2, 0.25) is 5.78 Å². The molecule has 4 rings (SSSR count). The molecular weight excluding hydrogens is 498 g/mol.